The molecule has 0 saturated carbocycles. The molecule has 2 N–H and O–H groups in total. The second-order valence-corrected chi connectivity index (χ2v) is 11.3. The Hall–Kier alpha value is -2.79. The second kappa shape index (κ2) is 15.4. The van der Waals surface area contributed by atoms with Crippen molar-refractivity contribution < 1.29 is 14.3 Å². The number of thiocarbonyl (C=S) groups is 1. The van der Waals surface area contributed by atoms with Crippen molar-refractivity contribution in [1.29, 1.82) is 0 Å². The van der Waals surface area contributed by atoms with Crippen molar-refractivity contribution in [2.24, 2.45) is 0 Å². The van der Waals surface area contributed by atoms with E-state index in [1.165, 1.54) is 11.8 Å². The number of ether oxygens (including phenoxy) is 2. The molecule has 3 aromatic carbocycles. The van der Waals surface area contributed by atoms with Gasteiger partial charge in [0.05, 0.1) is 17.2 Å². The van der Waals surface area contributed by atoms with Crippen molar-refractivity contribution in [3.63, 3.8) is 0 Å². The molecule has 0 aromatic heterocycles. The summed E-state index contributed by atoms with van der Waals surface area (Å²) in [6.45, 7) is 6.20. The van der Waals surface area contributed by atoms with Gasteiger partial charge in [-0.05, 0) is 85.8 Å². The van der Waals surface area contributed by atoms with Gasteiger partial charge in [0.2, 0.25) is 0 Å². The number of likely N-dealkylation sites (N-methyl/N-ethyl adjacent to an activating group) is 1. The first kappa shape index (κ1) is 32.7. The van der Waals surface area contributed by atoms with Gasteiger partial charge in [0, 0.05) is 38.4 Å². The summed E-state index contributed by atoms with van der Waals surface area (Å²) in [7, 11) is 2.17. The third-order valence-corrected chi connectivity index (χ3v) is 7.97. The molecule has 2 aliphatic heterocycles. The van der Waals surface area contributed by atoms with Crippen LogP contribution < -0.4 is 20.1 Å². The molecule has 2 saturated heterocycles. The van der Waals surface area contributed by atoms with Crippen molar-refractivity contribution in [2.75, 3.05) is 57.0 Å². The van der Waals surface area contributed by atoms with Crippen LogP contribution in [0.15, 0.2) is 77.7 Å². The molecular formula is C30H34Cl2N4O3S2. The molecule has 0 unspecified atom stereocenters. The predicted molar refractivity (Wildman–Crippen MR) is 178 cm³/mol. The van der Waals surface area contributed by atoms with Gasteiger partial charge < -0.3 is 25.0 Å². The van der Waals surface area contributed by atoms with E-state index in [9.17, 15) is 4.79 Å². The molecule has 218 valence electrons. The van der Waals surface area contributed by atoms with Gasteiger partial charge in [0.15, 0.2) is 4.32 Å². The lowest BCUT2D eigenvalue weighted by Gasteiger charge is -2.32. The lowest BCUT2D eigenvalue weighted by Crippen LogP contribution is -2.44. The van der Waals surface area contributed by atoms with Crippen molar-refractivity contribution in [2.45, 2.75) is 6.42 Å². The molecule has 7 nitrogen and oxygen atoms in total. The van der Waals surface area contributed by atoms with Gasteiger partial charge in [0.1, 0.15) is 17.2 Å². The largest absolute Gasteiger partial charge is 0.494 e. The number of thioether (sulfide) groups is 1. The van der Waals surface area contributed by atoms with Crippen molar-refractivity contribution in [3.05, 3.63) is 83.3 Å². The average Bonchev–Trinajstić information content (AvgIpc) is 3.22. The zero-order chi connectivity index (χ0) is 27.2. The lowest BCUT2D eigenvalue weighted by atomic mass is 10.2. The summed E-state index contributed by atoms with van der Waals surface area (Å²) in [4.78, 5) is 20.2. The van der Waals surface area contributed by atoms with Crippen LogP contribution >= 0.6 is 48.8 Å². The number of hydrogen-bond acceptors (Lipinski definition) is 8. The fourth-order valence-corrected chi connectivity index (χ4v) is 5.69. The fourth-order valence-electron chi connectivity index (χ4n) is 4.39. The van der Waals surface area contributed by atoms with Gasteiger partial charge in [-0.15, -0.1) is 24.8 Å². The summed E-state index contributed by atoms with van der Waals surface area (Å²) >= 11 is 6.84. The van der Waals surface area contributed by atoms with Gasteiger partial charge in [-0.25, -0.2) is 0 Å². The highest BCUT2D eigenvalue weighted by atomic mass is 35.5. The normalized spacial score (nSPS) is 16.8. The van der Waals surface area contributed by atoms with Gasteiger partial charge in [-0.1, -0.05) is 36.1 Å². The summed E-state index contributed by atoms with van der Waals surface area (Å²) in [6, 6.07) is 22.3. The van der Waals surface area contributed by atoms with E-state index in [0.717, 1.165) is 56.1 Å². The average molecular weight is 634 g/mol. The van der Waals surface area contributed by atoms with Crippen molar-refractivity contribution >= 4 is 76.5 Å². The first-order valence-electron chi connectivity index (χ1n) is 13.0. The Kier molecular flexibility index (Phi) is 12.3. The van der Waals surface area contributed by atoms with Crippen LogP contribution in [0.25, 0.3) is 6.08 Å². The number of anilines is 2. The highest BCUT2D eigenvalue weighted by molar-refractivity contribution is 8.27. The maximum absolute atomic E-state index is 13.2. The number of rotatable bonds is 9. The van der Waals surface area contributed by atoms with Crippen LogP contribution in [-0.2, 0) is 4.79 Å². The number of hydrogen-bond donors (Lipinski definition) is 1. The maximum Gasteiger partial charge on any atom is 0.270 e. The Morgan fingerprint density at radius 3 is 2.10 bits per heavy atom. The molecular weight excluding hydrogens is 599 g/mol. The van der Waals surface area contributed by atoms with E-state index >= 15 is 0 Å². The lowest BCUT2D eigenvalue weighted by molar-refractivity contribution is -0.113. The van der Waals surface area contributed by atoms with Crippen LogP contribution in [0.4, 0.5) is 11.4 Å². The highest BCUT2D eigenvalue weighted by Gasteiger charge is 2.33. The minimum absolute atomic E-state index is 0. The molecule has 1 amide bonds. The molecule has 3 aromatic rings. The Balaban J connectivity index is 0.00000231. The van der Waals surface area contributed by atoms with Crippen LogP contribution in [0.3, 0.4) is 0 Å². The monoisotopic (exact) mass is 632 g/mol. The number of halogens is 2. The van der Waals surface area contributed by atoms with Gasteiger partial charge >= 0.3 is 0 Å². The molecule has 0 aliphatic carbocycles. The molecule has 41 heavy (non-hydrogen) atoms. The maximum atomic E-state index is 13.2. The topological polar surface area (TPSA) is 71.3 Å². The predicted octanol–water partition coefficient (Wildman–Crippen LogP) is 6.33. The van der Waals surface area contributed by atoms with E-state index in [2.05, 4.69) is 16.8 Å². The summed E-state index contributed by atoms with van der Waals surface area (Å²) < 4.78 is 12.3. The van der Waals surface area contributed by atoms with Crippen molar-refractivity contribution in [1.82, 2.24) is 9.80 Å². The molecule has 2 fully saturated rings. The molecule has 0 atom stereocenters. The molecule has 5 rings (SSSR count). The third-order valence-electron chi connectivity index (χ3n) is 6.67. The van der Waals surface area contributed by atoms with E-state index in [1.54, 1.807) is 17.0 Å². The Morgan fingerprint density at radius 1 is 0.878 bits per heavy atom. The number of carbonyl (C=O) groups excluding carboxylic acids is 1. The van der Waals surface area contributed by atoms with Crippen LogP contribution in [0.5, 0.6) is 17.2 Å². The number of nitrogens with zero attached hydrogens (tertiary/aromatic N) is 3. The Labute approximate surface area is 263 Å². The minimum Gasteiger partial charge on any atom is -0.494 e. The molecule has 2 heterocycles. The third kappa shape index (κ3) is 8.85. The van der Waals surface area contributed by atoms with Crippen molar-refractivity contribution in [3.8, 4) is 17.2 Å². The molecule has 0 bridgehead atoms. The van der Waals surface area contributed by atoms with E-state index in [4.69, 9.17) is 27.4 Å². The number of piperazine rings is 1. The van der Waals surface area contributed by atoms with Gasteiger partial charge in [-0.3, -0.25) is 9.69 Å². The molecule has 0 spiro atoms. The standard InChI is InChI=1S/C30H32N4O3S2.2ClH/c1-32-16-18-33(19-17-32)15-2-20-36-25-13-7-24(8-14-25)34-29(35)28(39-30(34)38)21-22-3-9-26(10-4-22)37-27-11-5-23(31)6-12-27;;/h3-14,21H,2,15-20,31H2,1H3;2*1H. The van der Waals surface area contributed by atoms with Gasteiger partial charge in [-0.2, -0.15) is 0 Å². The summed E-state index contributed by atoms with van der Waals surface area (Å²) in [5.74, 6) is 2.07. The molecule has 2 aliphatic rings. The van der Waals surface area contributed by atoms with E-state index in [-0.39, 0.29) is 30.7 Å². The SMILES string of the molecule is CN1CCN(CCCOc2ccc(N3C(=O)C(=Cc4ccc(Oc5ccc(N)cc5)cc4)SC3=S)cc2)CC1.Cl.Cl. The molecule has 11 heteroatoms. The summed E-state index contributed by atoms with van der Waals surface area (Å²) in [5.41, 5.74) is 8.04. The van der Waals surface area contributed by atoms with Crippen LogP contribution in [0, 0.1) is 0 Å². The first-order chi connectivity index (χ1) is 18.9. The zero-order valence-corrected chi connectivity index (χ0v) is 26.0. The zero-order valence-electron chi connectivity index (χ0n) is 22.7. The smallest absolute Gasteiger partial charge is 0.270 e. The quantitative estimate of drug-likeness (QED) is 0.127. The van der Waals surface area contributed by atoms with E-state index in [1.807, 2.05) is 66.7 Å². The first-order valence-corrected chi connectivity index (χ1v) is 14.2. The van der Waals surface area contributed by atoms with Crippen LogP contribution in [0.2, 0.25) is 0 Å². The highest BCUT2D eigenvalue weighted by Crippen LogP contribution is 2.36. The number of nitrogen functional groups attached to an aromatic ring is 1. The number of carbonyl (C=O) groups is 1. The minimum atomic E-state index is -0.131. The van der Waals surface area contributed by atoms with Crippen LogP contribution in [0.1, 0.15) is 12.0 Å². The number of amides is 1. The number of nitrogens with two attached hydrogens (primary N) is 1. The second-order valence-electron chi connectivity index (χ2n) is 9.60. The van der Waals surface area contributed by atoms with E-state index in [0.29, 0.717) is 33.0 Å². The van der Waals surface area contributed by atoms with Gasteiger partial charge in [0.25, 0.3) is 5.91 Å². The number of benzene rings is 3. The Morgan fingerprint density at radius 2 is 1.46 bits per heavy atom. The summed E-state index contributed by atoms with van der Waals surface area (Å²) in [5, 5.41) is 0. The van der Waals surface area contributed by atoms with Crippen LogP contribution in [-0.4, -0.2) is 66.4 Å². The molecule has 0 radical (unpaired) electrons. The summed E-state index contributed by atoms with van der Waals surface area (Å²) in [6.07, 6.45) is 2.84. The van der Waals surface area contributed by atoms with E-state index < -0.39 is 0 Å². The Bertz CT molecular complexity index is 1330. The fraction of sp³-hybridized carbons (Fsp3) is 0.267.